The summed E-state index contributed by atoms with van der Waals surface area (Å²) in [6.45, 7) is 13.1. The average molecular weight is 1580 g/mol. The van der Waals surface area contributed by atoms with Gasteiger partial charge in [0.2, 0.25) is 11.8 Å². The largest absolute Gasteiger partial charge is 1.00 e. The number of hydrogen-bond acceptors (Lipinski definition) is 23. The van der Waals surface area contributed by atoms with E-state index in [2.05, 4.69) is 35.9 Å². The summed E-state index contributed by atoms with van der Waals surface area (Å²) < 4.78 is 59.6. The van der Waals surface area contributed by atoms with Crippen molar-refractivity contribution in [2.75, 3.05) is 59.7 Å². The maximum absolute atomic E-state index is 12.4. The summed E-state index contributed by atoms with van der Waals surface area (Å²) in [5.41, 5.74) is 1.70. The van der Waals surface area contributed by atoms with Crippen molar-refractivity contribution in [3.63, 3.8) is 0 Å². The standard InChI is InChI=1S/C14H21N5O6S.C10H18O2.C10H16O2.C9H17NO.C7H12O2.C6H12O.C6H10O.C5H8O2.C3Cl3N3O3.Al.Li.4H/c20-14-18-8-10(19(14)25-26(21,22)23)4-5-11(18)13-17-16-12(24-13)3-1-2-9-6-15-7-9;2*1-2-12-10(11)8-4-7-9-5-3-6-9;10-7-9(11)6-2-5-8-3-1-4-8;1-9-7(8)5-6-3-2-4-6;2*7-5-4-6-2-1-3-6;1-3-5(6)7-4-2;4-7-1(10)8(5)3(12)9(6)2(7)11;;;;;;/h9-11,15H,1-8H2,(H,21,22,23);9H,2-8H2,1H3;4,8-9H,2-3,5-7H2,1H3;8H,1-7,10H2;6H,2-5H2,1H3;6-7H,1-5H2;5-6H,1-4H2;3H,1,4H2,2H3;;;;;;;/q;;;;;;;;;;+1;;;;-1/b;;8-4+;;;;;;;;;;;;/t10-,11+;;;;;;;;;;;;;;/m1............../s1. The minimum atomic E-state index is -4.75. The molecule has 3 aliphatic heterocycles. The second kappa shape index (κ2) is 56.5. The summed E-state index contributed by atoms with van der Waals surface area (Å²) in [5.74, 6) is 6.14. The van der Waals surface area contributed by atoms with Crippen LogP contribution in [0.1, 0.15) is 245 Å². The Morgan fingerprint density at radius 1 is 0.657 bits per heavy atom. The number of aryl methyl sites for hydroxylation is 1. The molecule has 5 N–H and O–H groups in total. The number of nitrogens with one attached hydrogen (secondary N) is 1. The first kappa shape index (κ1) is 98.3. The molecule has 35 heteroatoms. The minimum absolute atomic E-state index is 0. The molecule has 594 valence electrons. The van der Waals surface area contributed by atoms with E-state index in [1.165, 1.54) is 140 Å². The molecule has 11 rings (SSSR count). The van der Waals surface area contributed by atoms with Gasteiger partial charge in [0.15, 0.2) is 17.4 Å². The summed E-state index contributed by atoms with van der Waals surface area (Å²) >= 11 is 15.3. The molecule has 9 fully saturated rings. The van der Waals surface area contributed by atoms with Crippen LogP contribution < -0.4 is 47.0 Å². The fourth-order valence-electron chi connectivity index (χ4n) is 11.5. The number of carbonyl (C=O) groups excluding carboxylic acids is 7. The molecule has 3 saturated heterocycles. The van der Waals surface area contributed by atoms with Crippen LogP contribution in [0.15, 0.2) is 43.6 Å². The van der Waals surface area contributed by atoms with Gasteiger partial charge in [-0.1, -0.05) is 122 Å². The third-order valence-corrected chi connectivity index (χ3v) is 20.4. The Hall–Kier alpha value is -4.73. The Balaban J connectivity index is 0.00000121. The number of aromatic nitrogens is 5. The molecule has 2 aromatic heterocycles. The van der Waals surface area contributed by atoms with Crippen LogP contribution in [0.25, 0.3) is 0 Å². The summed E-state index contributed by atoms with van der Waals surface area (Å²) in [6, 6.07) is -1.47. The van der Waals surface area contributed by atoms with E-state index in [0.717, 1.165) is 106 Å². The van der Waals surface area contributed by atoms with Gasteiger partial charge in [0, 0.05) is 92.7 Å². The predicted octanol–water partition coefficient (Wildman–Crippen LogP) is 6.33. The zero-order chi connectivity index (χ0) is 76.1. The van der Waals surface area contributed by atoms with E-state index >= 15 is 0 Å². The molecule has 0 aromatic carbocycles. The van der Waals surface area contributed by atoms with Crippen molar-refractivity contribution in [3.8, 4) is 0 Å². The third kappa shape index (κ3) is 40.0. The number of fused-ring (bicyclic) bond motifs is 2. The topological polar surface area (TPSA) is 390 Å². The van der Waals surface area contributed by atoms with Gasteiger partial charge in [-0.05, 0) is 146 Å². The van der Waals surface area contributed by atoms with Crippen molar-refractivity contribution >= 4 is 105 Å². The summed E-state index contributed by atoms with van der Waals surface area (Å²) in [4.78, 5) is 109. The normalized spacial score (nSPS) is 18.6. The first-order valence-corrected chi connectivity index (χ1v) is 39.1. The molecule has 2 bridgehead atoms. The molecular formula is C70H118AlCl3LiN9O20S. The summed E-state index contributed by atoms with van der Waals surface area (Å²) in [5, 5.41) is 20.5. The van der Waals surface area contributed by atoms with Crippen molar-refractivity contribution in [2.45, 2.75) is 245 Å². The number of hydroxylamine groups is 2. The molecule has 2 amide bonds. The number of amides is 2. The van der Waals surface area contributed by atoms with Gasteiger partial charge in [-0.15, -0.1) is 26.7 Å². The van der Waals surface area contributed by atoms with Crippen LogP contribution in [0.5, 0.6) is 0 Å². The average Bonchev–Trinajstić information content (AvgIpc) is 1.63. The molecule has 0 unspecified atom stereocenters. The van der Waals surface area contributed by atoms with E-state index < -0.39 is 45.6 Å². The van der Waals surface area contributed by atoms with Crippen LogP contribution in [0, 0.1) is 41.4 Å². The second-order valence-electron chi connectivity index (χ2n) is 26.8. The van der Waals surface area contributed by atoms with Gasteiger partial charge < -0.3 is 50.6 Å². The first-order chi connectivity index (χ1) is 49.3. The van der Waals surface area contributed by atoms with Crippen LogP contribution in [0.2, 0.25) is 0 Å². The molecule has 105 heavy (non-hydrogen) atoms. The Labute approximate surface area is 657 Å². The zero-order valence-electron chi connectivity index (χ0n) is 62.7. The van der Waals surface area contributed by atoms with E-state index in [1.54, 1.807) is 13.0 Å². The summed E-state index contributed by atoms with van der Waals surface area (Å²) in [6.07, 6.45) is 43.0. The SMILES string of the molecule is C=CC(=O)OCC.CCOC(=O)/C=C/CC1CCC1.CCOC(=O)CCCC1CCC1.COC(=O)CC1CCC1.NCC(=O)CCCC1CCC1.O=C1N2C[C@@H](CC[C@H]2c2nnc(CCCC3CNC3)o2)N1OS(=O)(=O)O.O=CCC1CCC1.O=c1n(Cl)c(=O)n(Cl)c(=O)n1Cl.OCCC1CCC1.[AlH3].[H-].[Li+]. The number of nitrogens with zero attached hydrogens (tertiary/aromatic N) is 7. The number of aliphatic hydroxyl groups excluding tert-OH is 1. The number of esters is 4. The fraction of sp³-hybridized carbons (Fsp3) is 0.771. The number of methoxy groups -OCH3 is 1. The third-order valence-electron chi connectivity index (χ3n) is 19.2. The monoisotopic (exact) mass is 1580 g/mol. The van der Waals surface area contributed by atoms with Gasteiger partial charge in [-0.25, -0.2) is 28.8 Å². The Morgan fingerprint density at radius 3 is 1.52 bits per heavy atom. The fourth-order valence-corrected chi connectivity index (χ4v) is 12.5. The van der Waals surface area contributed by atoms with Crippen LogP contribution >= 0.6 is 35.3 Å². The van der Waals surface area contributed by atoms with E-state index in [1.807, 2.05) is 19.9 Å². The van der Waals surface area contributed by atoms with E-state index in [9.17, 15) is 56.4 Å². The zero-order valence-corrected chi connectivity index (χ0v) is 64.8. The number of piperidine rings is 1. The number of ketones is 1. The number of Topliss-reactive ketones (excluding diaryl/α,β-unsaturated/α-hetero) is 1. The molecule has 2 atom stereocenters. The molecule has 0 spiro atoms. The molecule has 6 aliphatic carbocycles. The molecule has 9 aliphatic rings. The number of rotatable bonds is 29. The Bertz CT molecular complexity index is 3100. The number of allylic oxidation sites excluding steroid dienone is 1. The Morgan fingerprint density at radius 2 is 1.13 bits per heavy atom. The van der Waals surface area contributed by atoms with Gasteiger partial charge in [0.05, 0.1) is 39.5 Å². The van der Waals surface area contributed by atoms with Crippen LogP contribution in [-0.2, 0) is 68.8 Å². The van der Waals surface area contributed by atoms with Gasteiger partial charge in [-0.2, -0.15) is 13.5 Å². The predicted molar refractivity (Wildman–Crippen MR) is 399 cm³/mol. The molecule has 0 radical (unpaired) electrons. The number of carbonyl (C=O) groups is 7. The van der Waals surface area contributed by atoms with Gasteiger partial charge >= 0.3 is 76.2 Å². The molecule has 5 heterocycles. The van der Waals surface area contributed by atoms with Crippen molar-refractivity contribution in [2.24, 2.45) is 47.2 Å². The smallest absolute Gasteiger partial charge is 1.00 e. The number of aliphatic hydroxyl groups is 1. The molecule has 29 nitrogen and oxygen atoms in total. The number of halogens is 3. The first-order valence-electron chi connectivity index (χ1n) is 36.8. The summed E-state index contributed by atoms with van der Waals surface area (Å²) in [7, 11) is -3.30. The molecule has 6 saturated carbocycles. The second-order valence-corrected chi connectivity index (χ2v) is 28.8. The number of aldehydes is 1. The van der Waals surface area contributed by atoms with E-state index in [-0.39, 0.29) is 92.7 Å². The van der Waals surface area contributed by atoms with Crippen molar-refractivity contribution in [3.05, 3.63) is 68.0 Å². The van der Waals surface area contributed by atoms with E-state index in [0.29, 0.717) is 87.7 Å². The van der Waals surface area contributed by atoms with Crippen LogP contribution in [-0.4, -0.2) is 176 Å². The van der Waals surface area contributed by atoms with E-state index in [4.69, 9.17) is 64.6 Å². The van der Waals surface area contributed by atoms with Crippen molar-refractivity contribution < 1.29 is 99.6 Å². The molecule has 2 aromatic rings. The maximum Gasteiger partial charge on any atom is 1.00 e. The quantitative estimate of drug-likeness (QED) is 0.0173. The molecular weight excluding hydrogens is 1460 g/mol. The van der Waals surface area contributed by atoms with Gasteiger partial charge in [0.1, 0.15) is 18.1 Å². The van der Waals surface area contributed by atoms with Gasteiger partial charge in [-0.3, -0.25) is 18.9 Å². The van der Waals surface area contributed by atoms with Crippen LogP contribution in [0.3, 0.4) is 0 Å². The number of hydrogen-bond donors (Lipinski definition) is 4. The van der Waals surface area contributed by atoms with Crippen molar-refractivity contribution in [1.29, 1.82) is 0 Å². The number of nitrogens with two attached hydrogens (primary N) is 1. The maximum atomic E-state index is 12.4. The number of urea groups is 1. The van der Waals surface area contributed by atoms with Gasteiger partial charge in [0.25, 0.3) is 0 Å². The minimum Gasteiger partial charge on any atom is -1.00 e. The van der Waals surface area contributed by atoms with Crippen molar-refractivity contribution in [1.82, 2.24) is 37.7 Å². The van der Waals surface area contributed by atoms with Crippen LogP contribution in [0.4, 0.5) is 4.79 Å². The number of ether oxygens (including phenoxy) is 4. The Kier molecular flexibility index (Phi) is 52.9.